The first-order valence-electron chi connectivity index (χ1n) is 8.55. The highest BCUT2D eigenvalue weighted by Gasteiger charge is 2.16. The van der Waals surface area contributed by atoms with Crippen molar-refractivity contribution in [1.29, 1.82) is 0 Å². The molecule has 27 heavy (non-hydrogen) atoms. The number of nitrogens with zero attached hydrogens (tertiary/aromatic N) is 1. The topological polar surface area (TPSA) is 54.5 Å². The predicted octanol–water partition coefficient (Wildman–Crippen LogP) is 4.03. The summed E-state index contributed by atoms with van der Waals surface area (Å²) in [7, 11) is -1.64. The summed E-state index contributed by atoms with van der Waals surface area (Å²) in [6, 6.07) is 24.1. The van der Waals surface area contributed by atoms with Crippen molar-refractivity contribution < 1.29 is 13.2 Å². The number of sulfone groups is 1. The molecule has 0 saturated heterocycles. The maximum absolute atomic E-state index is 12.8. The van der Waals surface area contributed by atoms with E-state index < -0.39 is 9.84 Å². The zero-order valence-corrected chi connectivity index (χ0v) is 16.1. The normalized spacial score (nSPS) is 11.2. The van der Waals surface area contributed by atoms with Crippen LogP contribution in [0.5, 0.6) is 0 Å². The van der Waals surface area contributed by atoms with Gasteiger partial charge in [0, 0.05) is 25.4 Å². The molecule has 0 radical (unpaired) electrons. The van der Waals surface area contributed by atoms with Crippen LogP contribution in [0.15, 0.2) is 83.8 Å². The number of rotatable bonds is 5. The average Bonchev–Trinajstić information content (AvgIpc) is 2.68. The van der Waals surface area contributed by atoms with Gasteiger partial charge in [0.05, 0.1) is 4.90 Å². The number of hydrogen-bond acceptors (Lipinski definition) is 3. The van der Waals surface area contributed by atoms with Crippen LogP contribution in [0.2, 0.25) is 0 Å². The van der Waals surface area contributed by atoms with Crippen LogP contribution >= 0.6 is 0 Å². The molecule has 0 saturated carbocycles. The molecular formula is C22H21NO3S. The third-order valence-corrected chi connectivity index (χ3v) is 5.48. The largest absolute Gasteiger partial charge is 0.337 e. The van der Waals surface area contributed by atoms with E-state index in [1.807, 2.05) is 54.6 Å². The van der Waals surface area contributed by atoms with Gasteiger partial charge in [-0.3, -0.25) is 4.79 Å². The van der Waals surface area contributed by atoms with Crippen LogP contribution in [0, 0.1) is 0 Å². The zero-order valence-electron chi connectivity index (χ0n) is 15.3. The summed E-state index contributed by atoms with van der Waals surface area (Å²) in [5.74, 6) is -0.219. The number of benzene rings is 3. The smallest absolute Gasteiger partial charge is 0.253 e. The van der Waals surface area contributed by atoms with Gasteiger partial charge in [0.25, 0.3) is 5.91 Å². The summed E-state index contributed by atoms with van der Waals surface area (Å²) in [6.45, 7) is 0.424. The third-order valence-electron chi connectivity index (χ3n) is 4.37. The maximum atomic E-state index is 12.8. The van der Waals surface area contributed by atoms with Crippen molar-refractivity contribution in [2.45, 2.75) is 11.4 Å². The standard InChI is InChI=1S/C22H21NO3S/c1-23(22(24)18-12-8-13-20(15-18)27(2,25)26)16-19-11-6-7-14-21(19)17-9-4-3-5-10-17/h3-15H,16H2,1-2H3. The van der Waals surface area contributed by atoms with Gasteiger partial charge in [0.1, 0.15) is 0 Å². The van der Waals surface area contributed by atoms with Crippen molar-refractivity contribution in [2.24, 2.45) is 0 Å². The first-order chi connectivity index (χ1) is 12.9. The fraction of sp³-hybridized carbons (Fsp3) is 0.136. The monoisotopic (exact) mass is 379 g/mol. The Morgan fingerprint density at radius 3 is 2.26 bits per heavy atom. The number of hydrogen-bond donors (Lipinski definition) is 0. The molecule has 0 spiro atoms. The summed E-state index contributed by atoms with van der Waals surface area (Å²) in [5.41, 5.74) is 3.55. The molecule has 1 amide bonds. The number of carbonyl (C=O) groups excluding carboxylic acids is 1. The lowest BCUT2D eigenvalue weighted by Gasteiger charge is -2.20. The summed E-state index contributed by atoms with van der Waals surface area (Å²) >= 11 is 0. The van der Waals surface area contributed by atoms with Gasteiger partial charge in [-0.15, -0.1) is 0 Å². The lowest BCUT2D eigenvalue weighted by Crippen LogP contribution is -2.26. The Labute approximate surface area is 160 Å². The molecule has 0 aromatic heterocycles. The SMILES string of the molecule is CN(Cc1ccccc1-c1ccccc1)C(=O)c1cccc(S(C)(=O)=O)c1. The second-order valence-electron chi connectivity index (χ2n) is 6.48. The molecule has 5 heteroatoms. The Kier molecular flexibility index (Phi) is 5.42. The first-order valence-corrected chi connectivity index (χ1v) is 10.4. The minimum absolute atomic E-state index is 0.145. The Hall–Kier alpha value is -2.92. The van der Waals surface area contributed by atoms with Gasteiger partial charge in [-0.25, -0.2) is 8.42 Å². The van der Waals surface area contributed by atoms with Crippen LogP contribution in [0.25, 0.3) is 11.1 Å². The second kappa shape index (κ2) is 7.76. The van der Waals surface area contributed by atoms with E-state index in [0.29, 0.717) is 12.1 Å². The molecule has 138 valence electrons. The highest BCUT2D eigenvalue weighted by molar-refractivity contribution is 7.90. The Morgan fingerprint density at radius 2 is 1.56 bits per heavy atom. The van der Waals surface area contributed by atoms with Crippen LogP contribution in [-0.4, -0.2) is 32.5 Å². The third kappa shape index (κ3) is 4.44. The summed E-state index contributed by atoms with van der Waals surface area (Å²) in [6.07, 6.45) is 1.14. The maximum Gasteiger partial charge on any atom is 0.253 e. The van der Waals surface area contributed by atoms with Crippen LogP contribution in [0.4, 0.5) is 0 Å². The van der Waals surface area contributed by atoms with E-state index in [1.54, 1.807) is 24.1 Å². The van der Waals surface area contributed by atoms with E-state index in [9.17, 15) is 13.2 Å². The second-order valence-corrected chi connectivity index (χ2v) is 8.50. The van der Waals surface area contributed by atoms with E-state index in [-0.39, 0.29) is 10.8 Å². The van der Waals surface area contributed by atoms with Crippen molar-refractivity contribution in [3.8, 4) is 11.1 Å². The molecule has 0 fully saturated rings. The molecule has 0 atom stereocenters. The Morgan fingerprint density at radius 1 is 0.889 bits per heavy atom. The van der Waals surface area contributed by atoms with Crippen molar-refractivity contribution in [3.05, 3.63) is 90.0 Å². The summed E-state index contributed by atoms with van der Waals surface area (Å²) in [5, 5.41) is 0. The first kappa shape index (κ1) is 18.9. The van der Waals surface area contributed by atoms with Crippen LogP contribution in [0.1, 0.15) is 15.9 Å². The van der Waals surface area contributed by atoms with Crippen molar-refractivity contribution in [3.63, 3.8) is 0 Å². The van der Waals surface area contributed by atoms with Gasteiger partial charge in [-0.1, -0.05) is 60.7 Å². The lowest BCUT2D eigenvalue weighted by molar-refractivity contribution is 0.0785. The predicted molar refractivity (Wildman–Crippen MR) is 107 cm³/mol. The lowest BCUT2D eigenvalue weighted by atomic mass is 9.99. The molecule has 0 aliphatic rings. The molecule has 0 aliphatic heterocycles. The molecule has 0 N–H and O–H groups in total. The molecule has 3 aromatic carbocycles. The van der Waals surface area contributed by atoms with E-state index in [4.69, 9.17) is 0 Å². The van der Waals surface area contributed by atoms with Crippen LogP contribution < -0.4 is 0 Å². The Bertz CT molecular complexity index is 1060. The van der Waals surface area contributed by atoms with Crippen LogP contribution in [0.3, 0.4) is 0 Å². The van der Waals surface area contributed by atoms with E-state index >= 15 is 0 Å². The van der Waals surface area contributed by atoms with Gasteiger partial charge >= 0.3 is 0 Å². The minimum Gasteiger partial charge on any atom is -0.337 e. The summed E-state index contributed by atoms with van der Waals surface area (Å²) < 4.78 is 23.5. The van der Waals surface area contributed by atoms with Crippen molar-refractivity contribution in [2.75, 3.05) is 13.3 Å². The quantitative estimate of drug-likeness (QED) is 0.673. The van der Waals surface area contributed by atoms with Gasteiger partial charge in [0.15, 0.2) is 9.84 Å². The zero-order chi connectivity index (χ0) is 19.4. The molecule has 3 aromatic rings. The van der Waals surface area contributed by atoms with E-state index in [1.165, 1.54) is 12.1 Å². The summed E-state index contributed by atoms with van der Waals surface area (Å²) in [4.78, 5) is 14.6. The molecule has 0 bridgehead atoms. The number of amides is 1. The average molecular weight is 379 g/mol. The fourth-order valence-corrected chi connectivity index (χ4v) is 3.63. The Balaban J connectivity index is 1.87. The fourth-order valence-electron chi connectivity index (χ4n) is 2.96. The van der Waals surface area contributed by atoms with Gasteiger partial charge < -0.3 is 4.90 Å². The highest BCUT2D eigenvalue weighted by Crippen LogP contribution is 2.25. The molecular weight excluding hydrogens is 358 g/mol. The molecule has 0 heterocycles. The van der Waals surface area contributed by atoms with Crippen molar-refractivity contribution in [1.82, 2.24) is 4.90 Å². The van der Waals surface area contributed by atoms with Gasteiger partial charge in [0.2, 0.25) is 0 Å². The molecule has 3 rings (SSSR count). The minimum atomic E-state index is -3.36. The highest BCUT2D eigenvalue weighted by atomic mass is 32.2. The van der Waals surface area contributed by atoms with Crippen molar-refractivity contribution >= 4 is 15.7 Å². The van der Waals surface area contributed by atoms with E-state index in [2.05, 4.69) is 0 Å². The van der Waals surface area contributed by atoms with Gasteiger partial charge in [-0.05, 0) is 34.9 Å². The molecule has 0 unspecified atom stereocenters. The van der Waals surface area contributed by atoms with E-state index in [0.717, 1.165) is 22.9 Å². The molecule has 4 nitrogen and oxygen atoms in total. The van der Waals surface area contributed by atoms with Crippen LogP contribution in [-0.2, 0) is 16.4 Å². The van der Waals surface area contributed by atoms with Gasteiger partial charge in [-0.2, -0.15) is 0 Å². The molecule has 0 aliphatic carbocycles. The number of carbonyl (C=O) groups is 1.